The van der Waals surface area contributed by atoms with Crippen molar-refractivity contribution >= 4 is 15.9 Å². The van der Waals surface area contributed by atoms with E-state index in [1.165, 1.54) is 17.5 Å². The van der Waals surface area contributed by atoms with Gasteiger partial charge < -0.3 is 19.4 Å². The summed E-state index contributed by atoms with van der Waals surface area (Å²) in [5, 5.41) is 12.5. The highest BCUT2D eigenvalue weighted by Crippen LogP contribution is 2.34. The summed E-state index contributed by atoms with van der Waals surface area (Å²) in [5.74, 6) is 0.736. The molecule has 1 aromatic carbocycles. The molecule has 2 aromatic rings. The number of anilines is 1. The summed E-state index contributed by atoms with van der Waals surface area (Å²) < 4.78 is 39.1. The van der Waals surface area contributed by atoms with E-state index in [1.54, 1.807) is 12.1 Å². The van der Waals surface area contributed by atoms with Gasteiger partial charge in [0.05, 0.1) is 7.11 Å². The van der Waals surface area contributed by atoms with Crippen LogP contribution in [-0.2, 0) is 10.0 Å². The lowest BCUT2D eigenvalue weighted by Crippen LogP contribution is -2.35. The SMILES string of the molecule is COc1ccc(-c2nc(C#N)c(NCCCN(C)C)o2)cc1S(=O)(=O)N1CCCCC1. The van der Waals surface area contributed by atoms with Crippen molar-refractivity contribution in [3.05, 3.63) is 23.9 Å². The van der Waals surface area contributed by atoms with E-state index < -0.39 is 10.0 Å². The fraction of sp³-hybridized carbons (Fsp3) is 0.524. The second-order valence-corrected chi connectivity index (χ2v) is 9.63. The Morgan fingerprint density at radius 1 is 1.29 bits per heavy atom. The maximum Gasteiger partial charge on any atom is 0.246 e. The fourth-order valence-corrected chi connectivity index (χ4v) is 5.19. The van der Waals surface area contributed by atoms with E-state index >= 15 is 0 Å². The zero-order valence-electron chi connectivity index (χ0n) is 18.2. The third-order valence-electron chi connectivity index (χ3n) is 5.14. The van der Waals surface area contributed by atoms with Gasteiger partial charge >= 0.3 is 0 Å². The average Bonchev–Trinajstić information content (AvgIpc) is 3.20. The lowest BCUT2D eigenvalue weighted by Gasteiger charge is -2.26. The van der Waals surface area contributed by atoms with Crippen LogP contribution in [0.2, 0.25) is 0 Å². The molecule has 31 heavy (non-hydrogen) atoms. The van der Waals surface area contributed by atoms with Crippen molar-refractivity contribution in [3.63, 3.8) is 0 Å². The van der Waals surface area contributed by atoms with E-state index in [0.29, 0.717) is 25.2 Å². The number of methoxy groups -OCH3 is 1. The number of piperidine rings is 1. The summed E-state index contributed by atoms with van der Waals surface area (Å²) >= 11 is 0. The molecule has 0 radical (unpaired) electrons. The van der Waals surface area contributed by atoms with E-state index in [9.17, 15) is 13.7 Å². The molecule has 0 aliphatic carbocycles. The van der Waals surface area contributed by atoms with E-state index in [4.69, 9.17) is 9.15 Å². The Hall–Kier alpha value is -2.61. The van der Waals surface area contributed by atoms with Crippen LogP contribution in [0, 0.1) is 11.3 Å². The summed E-state index contributed by atoms with van der Waals surface area (Å²) in [6.45, 7) is 2.51. The number of nitrogens with zero attached hydrogens (tertiary/aromatic N) is 4. The first-order chi connectivity index (χ1) is 14.9. The zero-order valence-corrected chi connectivity index (χ0v) is 19.0. The molecule has 1 aliphatic rings. The molecule has 0 amide bonds. The van der Waals surface area contributed by atoms with Crippen LogP contribution in [0.5, 0.6) is 5.75 Å². The van der Waals surface area contributed by atoms with Gasteiger partial charge in [0, 0.05) is 25.2 Å². The van der Waals surface area contributed by atoms with Crippen LogP contribution in [0.15, 0.2) is 27.5 Å². The molecule has 1 saturated heterocycles. The number of nitriles is 1. The van der Waals surface area contributed by atoms with Crippen molar-refractivity contribution in [1.29, 1.82) is 5.26 Å². The van der Waals surface area contributed by atoms with Crippen molar-refractivity contribution in [2.24, 2.45) is 0 Å². The van der Waals surface area contributed by atoms with Crippen molar-refractivity contribution in [3.8, 4) is 23.3 Å². The average molecular weight is 448 g/mol. The minimum Gasteiger partial charge on any atom is -0.495 e. The predicted molar refractivity (Wildman–Crippen MR) is 117 cm³/mol. The quantitative estimate of drug-likeness (QED) is 0.584. The maximum absolute atomic E-state index is 13.2. The number of hydrogen-bond acceptors (Lipinski definition) is 8. The van der Waals surface area contributed by atoms with Gasteiger partial charge in [-0.15, -0.1) is 0 Å². The first-order valence-corrected chi connectivity index (χ1v) is 11.8. The van der Waals surface area contributed by atoms with Crippen LogP contribution in [0.25, 0.3) is 11.5 Å². The highest BCUT2D eigenvalue weighted by molar-refractivity contribution is 7.89. The third kappa shape index (κ3) is 5.36. The molecule has 0 spiro atoms. The molecule has 0 unspecified atom stereocenters. The number of ether oxygens (including phenoxy) is 1. The molecular weight excluding hydrogens is 418 g/mol. The Kier molecular flexibility index (Phi) is 7.54. The molecule has 2 heterocycles. The molecular formula is C21H29N5O4S. The van der Waals surface area contributed by atoms with Gasteiger partial charge in [0.25, 0.3) is 0 Å². The Bertz CT molecular complexity index is 1040. The molecule has 0 atom stereocenters. The van der Waals surface area contributed by atoms with Crippen molar-refractivity contribution < 1.29 is 17.6 Å². The predicted octanol–water partition coefficient (Wildman–Crippen LogP) is 2.76. The Labute approximate surface area is 183 Å². The molecule has 1 N–H and O–H groups in total. The van der Waals surface area contributed by atoms with Crippen LogP contribution in [0.3, 0.4) is 0 Å². The van der Waals surface area contributed by atoms with Gasteiger partial charge in [-0.25, -0.2) is 8.42 Å². The van der Waals surface area contributed by atoms with Gasteiger partial charge in [-0.2, -0.15) is 14.6 Å². The lowest BCUT2D eigenvalue weighted by molar-refractivity contribution is 0.343. The standard InChI is InChI=1S/C21H29N5O4S/c1-25(2)11-7-10-23-21-17(15-22)24-20(30-21)16-8-9-18(29-3)19(14-16)31(27,28)26-12-5-4-6-13-26/h8-9,14,23H,4-7,10-13H2,1-3H3. The Balaban J connectivity index is 1.90. The number of sulfonamides is 1. The number of aromatic nitrogens is 1. The fourth-order valence-electron chi connectivity index (χ4n) is 3.49. The summed E-state index contributed by atoms with van der Waals surface area (Å²) in [6.07, 6.45) is 3.58. The molecule has 1 aliphatic heterocycles. The number of rotatable bonds is 9. The van der Waals surface area contributed by atoms with Crippen LogP contribution in [-0.4, -0.2) is 70.0 Å². The molecule has 1 fully saturated rings. The van der Waals surface area contributed by atoms with Crippen molar-refractivity contribution in [2.75, 3.05) is 52.7 Å². The largest absolute Gasteiger partial charge is 0.495 e. The summed E-state index contributed by atoms with van der Waals surface area (Å²) in [5.41, 5.74) is 0.602. The van der Waals surface area contributed by atoms with Crippen LogP contribution in [0.1, 0.15) is 31.4 Å². The Morgan fingerprint density at radius 2 is 2.03 bits per heavy atom. The minimum absolute atomic E-state index is 0.0756. The summed E-state index contributed by atoms with van der Waals surface area (Å²) in [4.78, 5) is 6.40. The molecule has 9 nitrogen and oxygen atoms in total. The van der Waals surface area contributed by atoms with E-state index in [-0.39, 0.29) is 28.1 Å². The number of hydrogen-bond donors (Lipinski definition) is 1. The number of oxazole rings is 1. The normalized spacial score (nSPS) is 15.1. The molecule has 0 saturated carbocycles. The molecule has 0 bridgehead atoms. The number of benzene rings is 1. The van der Waals surface area contributed by atoms with Crippen molar-refractivity contribution in [1.82, 2.24) is 14.2 Å². The van der Waals surface area contributed by atoms with E-state index in [1.807, 2.05) is 20.2 Å². The van der Waals surface area contributed by atoms with Crippen LogP contribution in [0.4, 0.5) is 5.88 Å². The monoisotopic (exact) mass is 447 g/mol. The number of nitrogens with one attached hydrogen (secondary N) is 1. The third-order valence-corrected chi connectivity index (χ3v) is 7.06. The smallest absolute Gasteiger partial charge is 0.246 e. The van der Waals surface area contributed by atoms with Gasteiger partial charge in [-0.05, 0) is 58.1 Å². The Morgan fingerprint density at radius 3 is 2.68 bits per heavy atom. The topological polar surface area (TPSA) is 112 Å². The van der Waals surface area contributed by atoms with E-state index in [2.05, 4.69) is 15.2 Å². The van der Waals surface area contributed by atoms with Gasteiger partial charge in [0.1, 0.15) is 16.7 Å². The summed E-state index contributed by atoms with van der Waals surface area (Å²) in [6, 6.07) is 6.80. The van der Waals surface area contributed by atoms with Crippen LogP contribution >= 0.6 is 0 Å². The molecule has 168 valence electrons. The van der Waals surface area contributed by atoms with Gasteiger partial charge in [-0.1, -0.05) is 6.42 Å². The van der Waals surface area contributed by atoms with Gasteiger partial charge in [0.2, 0.25) is 27.5 Å². The van der Waals surface area contributed by atoms with Gasteiger partial charge in [-0.3, -0.25) is 0 Å². The highest BCUT2D eigenvalue weighted by atomic mass is 32.2. The van der Waals surface area contributed by atoms with Crippen molar-refractivity contribution in [2.45, 2.75) is 30.6 Å². The second-order valence-electron chi connectivity index (χ2n) is 7.72. The summed E-state index contributed by atoms with van der Waals surface area (Å²) in [7, 11) is 1.71. The highest BCUT2D eigenvalue weighted by Gasteiger charge is 2.30. The molecule has 3 rings (SSSR count). The zero-order chi connectivity index (χ0) is 22.4. The second kappa shape index (κ2) is 10.1. The minimum atomic E-state index is -3.72. The lowest BCUT2D eigenvalue weighted by atomic mass is 10.2. The first kappa shape index (κ1) is 23.1. The maximum atomic E-state index is 13.2. The van der Waals surface area contributed by atoms with E-state index in [0.717, 1.165) is 32.2 Å². The van der Waals surface area contributed by atoms with Crippen LogP contribution < -0.4 is 10.1 Å². The molecule has 1 aromatic heterocycles. The first-order valence-electron chi connectivity index (χ1n) is 10.3. The van der Waals surface area contributed by atoms with Gasteiger partial charge in [0.15, 0.2) is 0 Å². The molecule has 10 heteroatoms.